The molecule has 1 saturated heterocycles. The number of benzene rings is 2. The lowest BCUT2D eigenvalue weighted by Crippen LogP contribution is -2.42. The van der Waals surface area contributed by atoms with Gasteiger partial charge in [0.05, 0.1) is 16.8 Å². The summed E-state index contributed by atoms with van der Waals surface area (Å²) in [5.74, 6) is -1.08. The fourth-order valence-electron chi connectivity index (χ4n) is 4.67. The highest BCUT2D eigenvalue weighted by Gasteiger charge is 2.52. The van der Waals surface area contributed by atoms with Crippen molar-refractivity contribution < 1.29 is 28.0 Å². The van der Waals surface area contributed by atoms with Crippen LogP contribution in [0.25, 0.3) is 0 Å². The average molecular weight is 479 g/mol. The van der Waals surface area contributed by atoms with Crippen LogP contribution in [0.2, 0.25) is 0 Å². The van der Waals surface area contributed by atoms with Gasteiger partial charge in [0.2, 0.25) is 0 Å². The molecule has 2 fully saturated rings. The first-order valence-electron chi connectivity index (χ1n) is 12.3. The maximum absolute atomic E-state index is 14.8. The number of ether oxygens (including phenoxy) is 1. The molecule has 2 heterocycles. The smallest absolute Gasteiger partial charge is 0.460 e. The van der Waals surface area contributed by atoms with E-state index in [4.69, 9.17) is 14.0 Å². The minimum Gasteiger partial charge on any atom is -0.460 e. The van der Waals surface area contributed by atoms with Crippen LogP contribution in [0.15, 0.2) is 36.4 Å². The van der Waals surface area contributed by atoms with Gasteiger partial charge >= 0.3 is 13.1 Å². The molecule has 2 aromatic carbocycles. The largest absolute Gasteiger partial charge is 0.495 e. The van der Waals surface area contributed by atoms with Gasteiger partial charge in [-0.25, -0.2) is 4.39 Å². The number of amides is 1. The minimum atomic E-state index is -0.571. The van der Waals surface area contributed by atoms with Gasteiger partial charge in [-0.3, -0.25) is 9.59 Å². The lowest BCUT2D eigenvalue weighted by atomic mass is 9.76. The molecule has 2 aliphatic heterocycles. The molecule has 6 nitrogen and oxygen atoms in total. The Morgan fingerprint density at radius 2 is 1.83 bits per heavy atom. The van der Waals surface area contributed by atoms with E-state index in [0.717, 1.165) is 35.0 Å². The second-order valence-electron chi connectivity index (χ2n) is 10.7. The third kappa shape index (κ3) is 4.61. The third-order valence-corrected chi connectivity index (χ3v) is 7.67. The van der Waals surface area contributed by atoms with Crippen LogP contribution in [0.5, 0.6) is 0 Å². The zero-order valence-electron chi connectivity index (χ0n) is 20.7. The van der Waals surface area contributed by atoms with Crippen LogP contribution in [-0.4, -0.2) is 48.2 Å². The van der Waals surface area contributed by atoms with Crippen LogP contribution < -0.4 is 5.46 Å². The molecule has 2 aromatic rings. The number of carbonyl (C=O) groups excluding carboxylic acids is 2. The Kier molecular flexibility index (Phi) is 6.00. The Labute approximate surface area is 205 Å². The quantitative estimate of drug-likeness (QED) is 0.467. The standard InChI is InChI=1S/C27H31BFNO5/c1-26(2)27(3,4)35-28(34-26)21-8-6-5-7-19(21)16-33-23(31)15-30-12-11-18-13-20(17-9-10-17)14-22(29)24(18)25(30)32/h5-8,13-14,17H,9-12,15-16H2,1-4H3. The van der Waals surface area contributed by atoms with E-state index < -0.39 is 36.0 Å². The Hall–Kier alpha value is -2.71. The molecule has 8 heteroatoms. The van der Waals surface area contributed by atoms with Crippen LogP contribution in [0.1, 0.15) is 73.5 Å². The predicted molar refractivity (Wildman–Crippen MR) is 130 cm³/mol. The molecule has 0 atom stereocenters. The summed E-state index contributed by atoms with van der Waals surface area (Å²) in [5, 5.41) is 0. The first-order chi connectivity index (χ1) is 16.6. The maximum atomic E-state index is 14.8. The zero-order chi connectivity index (χ0) is 25.0. The lowest BCUT2D eigenvalue weighted by molar-refractivity contribution is -0.145. The van der Waals surface area contributed by atoms with Gasteiger partial charge in [0.1, 0.15) is 19.0 Å². The summed E-state index contributed by atoms with van der Waals surface area (Å²) in [7, 11) is -0.571. The Morgan fingerprint density at radius 3 is 2.51 bits per heavy atom. The van der Waals surface area contributed by atoms with E-state index in [1.807, 2.05) is 58.0 Å². The predicted octanol–water partition coefficient (Wildman–Crippen LogP) is 3.74. The normalized spacial score (nSPS) is 20.7. The first-order valence-corrected chi connectivity index (χ1v) is 12.3. The molecule has 0 bridgehead atoms. The number of fused-ring (bicyclic) bond motifs is 1. The highest BCUT2D eigenvalue weighted by molar-refractivity contribution is 6.62. The van der Waals surface area contributed by atoms with E-state index in [0.29, 0.717) is 18.9 Å². The van der Waals surface area contributed by atoms with Crippen molar-refractivity contribution in [2.24, 2.45) is 0 Å². The monoisotopic (exact) mass is 479 g/mol. The zero-order valence-corrected chi connectivity index (χ0v) is 20.7. The summed E-state index contributed by atoms with van der Waals surface area (Å²) in [6, 6.07) is 10.9. The highest BCUT2D eigenvalue weighted by Crippen LogP contribution is 2.41. The molecule has 0 N–H and O–H groups in total. The van der Waals surface area contributed by atoms with Gasteiger partial charge in [-0.05, 0) is 81.1 Å². The van der Waals surface area contributed by atoms with Crippen molar-refractivity contribution in [3.05, 3.63) is 64.5 Å². The Balaban J connectivity index is 1.23. The second-order valence-corrected chi connectivity index (χ2v) is 10.7. The van der Waals surface area contributed by atoms with Crippen molar-refractivity contribution in [3.8, 4) is 0 Å². The molecular formula is C27H31BFNO5. The third-order valence-electron chi connectivity index (χ3n) is 7.67. The van der Waals surface area contributed by atoms with Crippen molar-refractivity contribution in [1.29, 1.82) is 0 Å². The summed E-state index contributed by atoms with van der Waals surface area (Å²) >= 11 is 0. The van der Waals surface area contributed by atoms with Gasteiger partial charge in [-0.2, -0.15) is 0 Å². The number of halogens is 1. The molecule has 0 aromatic heterocycles. The molecule has 1 saturated carbocycles. The summed E-state index contributed by atoms with van der Waals surface area (Å²) in [6.07, 6.45) is 2.67. The number of esters is 1. The molecule has 1 amide bonds. The van der Waals surface area contributed by atoms with E-state index in [1.54, 1.807) is 0 Å². The highest BCUT2D eigenvalue weighted by atomic mass is 19.1. The number of hydrogen-bond acceptors (Lipinski definition) is 5. The summed E-state index contributed by atoms with van der Waals surface area (Å²) < 4.78 is 32.6. The first kappa shape index (κ1) is 24.0. The molecular weight excluding hydrogens is 448 g/mol. The van der Waals surface area contributed by atoms with Gasteiger partial charge in [-0.15, -0.1) is 0 Å². The topological polar surface area (TPSA) is 65.1 Å². The van der Waals surface area contributed by atoms with Crippen molar-refractivity contribution >= 4 is 24.5 Å². The van der Waals surface area contributed by atoms with Crippen LogP contribution in [0.3, 0.4) is 0 Å². The number of hydrogen-bond donors (Lipinski definition) is 0. The van der Waals surface area contributed by atoms with Crippen molar-refractivity contribution in [2.45, 2.75) is 70.7 Å². The van der Waals surface area contributed by atoms with Gasteiger partial charge < -0.3 is 18.9 Å². The molecule has 1 aliphatic carbocycles. The molecule has 0 radical (unpaired) electrons. The van der Waals surface area contributed by atoms with Gasteiger partial charge in [0.25, 0.3) is 5.91 Å². The number of carbonyl (C=O) groups is 2. The van der Waals surface area contributed by atoms with Crippen molar-refractivity contribution in [2.75, 3.05) is 13.1 Å². The molecule has 35 heavy (non-hydrogen) atoms. The summed E-state index contributed by atoms with van der Waals surface area (Å²) in [4.78, 5) is 26.9. The Bertz CT molecular complexity index is 1160. The summed E-state index contributed by atoms with van der Waals surface area (Å²) in [5.41, 5.74) is 2.39. The summed E-state index contributed by atoms with van der Waals surface area (Å²) in [6.45, 7) is 8.10. The van der Waals surface area contributed by atoms with Crippen LogP contribution in [0.4, 0.5) is 4.39 Å². The van der Waals surface area contributed by atoms with Gasteiger partial charge in [0, 0.05) is 6.54 Å². The molecule has 0 spiro atoms. The van der Waals surface area contributed by atoms with Crippen LogP contribution in [0, 0.1) is 5.82 Å². The fraction of sp³-hybridized carbons (Fsp3) is 0.481. The van der Waals surface area contributed by atoms with E-state index in [9.17, 15) is 14.0 Å². The van der Waals surface area contributed by atoms with Gasteiger partial charge in [-0.1, -0.05) is 30.3 Å². The van der Waals surface area contributed by atoms with Crippen LogP contribution >= 0.6 is 0 Å². The van der Waals surface area contributed by atoms with E-state index >= 15 is 0 Å². The molecule has 5 rings (SSSR count). The fourth-order valence-corrected chi connectivity index (χ4v) is 4.67. The van der Waals surface area contributed by atoms with E-state index in [2.05, 4.69) is 0 Å². The van der Waals surface area contributed by atoms with Crippen LogP contribution in [-0.2, 0) is 31.9 Å². The van der Waals surface area contributed by atoms with Crippen molar-refractivity contribution in [1.82, 2.24) is 4.90 Å². The lowest BCUT2D eigenvalue weighted by Gasteiger charge is -2.32. The van der Waals surface area contributed by atoms with E-state index in [-0.39, 0.29) is 18.7 Å². The maximum Gasteiger partial charge on any atom is 0.495 e. The van der Waals surface area contributed by atoms with Gasteiger partial charge in [0.15, 0.2) is 0 Å². The molecule has 184 valence electrons. The second kappa shape index (κ2) is 8.75. The number of nitrogens with zero attached hydrogens (tertiary/aromatic N) is 1. The molecule has 3 aliphatic rings. The minimum absolute atomic E-state index is 0.0246. The Morgan fingerprint density at radius 1 is 1.14 bits per heavy atom. The average Bonchev–Trinajstić information content (AvgIpc) is 3.61. The number of rotatable bonds is 6. The SMILES string of the molecule is CC1(C)OB(c2ccccc2COC(=O)CN2CCc3cc(C4CC4)cc(F)c3C2=O)OC1(C)C. The van der Waals surface area contributed by atoms with Crippen molar-refractivity contribution in [3.63, 3.8) is 0 Å². The van der Waals surface area contributed by atoms with E-state index in [1.165, 1.54) is 11.0 Å². The molecule has 0 unspecified atom stereocenters.